The van der Waals surface area contributed by atoms with Gasteiger partial charge in [-0.25, -0.2) is 0 Å². The molecule has 0 aliphatic carbocycles. The molecule has 0 unspecified atom stereocenters. The zero-order chi connectivity index (χ0) is 17.2. The minimum absolute atomic E-state index is 0.00876. The molecule has 0 bridgehead atoms. The summed E-state index contributed by atoms with van der Waals surface area (Å²) in [4.78, 5) is 11.8. The maximum atomic E-state index is 11.8. The molecule has 0 saturated carbocycles. The smallest absolute Gasteiger partial charge is 0.306 e. The van der Waals surface area contributed by atoms with Crippen LogP contribution in [0.4, 0.5) is 0 Å². The molecular formula is C21H42O2. The number of ether oxygens (including phenoxy) is 1. The Labute approximate surface area is 145 Å². The summed E-state index contributed by atoms with van der Waals surface area (Å²) in [6.07, 6.45) is 19.1. The van der Waals surface area contributed by atoms with Crippen LogP contribution in [0.15, 0.2) is 0 Å². The normalized spacial score (nSPS) is 11.1. The van der Waals surface area contributed by atoms with E-state index in [0.717, 1.165) is 0 Å². The molecule has 2 heteroatoms. The van der Waals surface area contributed by atoms with Gasteiger partial charge in [0.15, 0.2) is 0 Å². The van der Waals surface area contributed by atoms with Crippen molar-refractivity contribution in [1.29, 1.82) is 0 Å². The first-order valence-electron chi connectivity index (χ1n) is 10.4. The molecule has 0 N–H and O–H groups in total. The quantitative estimate of drug-likeness (QED) is 0.211. The highest BCUT2D eigenvalue weighted by atomic mass is 16.5. The Morgan fingerprint density at radius 3 is 1.57 bits per heavy atom. The number of rotatable bonds is 17. The predicted octanol–water partition coefficient (Wildman–Crippen LogP) is 7.06. The van der Waals surface area contributed by atoms with Gasteiger partial charge in [0.05, 0.1) is 6.61 Å². The summed E-state index contributed by atoms with van der Waals surface area (Å²) < 4.78 is 5.15. The Morgan fingerprint density at radius 2 is 1.13 bits per heavy atom. The molecule has 0 aliphatic rings. The molecule has 0 heterocycles. The number of esters is 1. The first-order chi connectivity index (χ1) is 11.2. The third-order valence-corrected chi connectivity index (χ3v) is 4.69. The third-order valence-electron chi connectivity index (χ3n) is 4.69. The molecule has 0 rings (SSSR count). The number of hydrogen-bond acceptors (Lipinski definition) is 2. The fraction of sp³-hybridized carbons (Fsp3) is 0.952. The second-order valence-electron chi connectivity index (χ2n) is 6.99. The van der Waals surface area contributed by atoms with Gasteiger partial charge in [0.25, 0.3) is 0 Å². The van der Waals surface area contributed by atoms with E-state index in [4.69, 9.17) is 4.74 Å². The van der Waals surface area contributed by atoms with E-state index in [1.54, 1.807) is 0 Å². The van der Waals surface area contributed by atoms with Crippen LogP contribution < -0.4 is 0 Å². The van der Waals surface area contributed by atoms with Crippen molar-refractivity contribution >= 4 is 5.97 Å². The van der Waals surface area contributed by atoms with Crippen LogP contribution in [0.1, 0.15) is 117 Å². The zero-order valence-electron chi connectivity index (χ0n) is 16.2. The molecule has 138 valence electrons. The molecule has 23 heavy (non-hydrogen) atoms. The van der Waals surface area contributed by atoms with E-state index in [1.165, 1.54) is 89.9 Å². The van der Waals surface area contributed by atoms with Crippen LogP contribution in [0.2, 0.25) is 0 Å². The molecule has 0 aromatic rings. The van der Waals surface area contributed by atoms with Crippen molar-refractivity contribution in [3.63, 3.8) is 0 Å². The minimum atomic E-state index is 0.00876. The standard InChI is InChI=1S/C21H42O2/c1-4-7-9-11-13-15-17-20(19-21(22)23-6-3)18-16-14-12-10-8-5-2/h20H,4-19H2,1-3H3. The average molecular weight is 327 g/mol. The summed E-state index contributed by atoms with van der Waals surface area (Å²) in [6.45, 7) is 6.93. The summed E-state index contributed by atoms with van der Waals surface area (Å²) >= 11 is 0. The largest absolute Gasteiger partial charge is 0.466 e. The zero-order valence-corrected chi connectivity index (χ0v) is 16.2. The van der Waals surface area contributed by atoms with Gasteiger partial charge in [-0.2, -0.15) is 0 Å². The lowest BCUT2D eigenvalue weighted by Gasteiger charge is -2.16. The van der Waals surface area contributed by atoms with Crippen LogP contribution in [0.3, 0.4) is 0 Å². The lowest BCUT2D eigenvalue weighted by Crippen LogP contribution is -2.12. The highest BCUT2D eigenvalue weighted by Crippen LogP contribution is 2.22. The van der Waals surface area contributed by atoms with Gasteiger partial charge in [0, 0.05) is 6.42 Å². The Hall–Kier alpha value is -0.530. The molecule has 0 aromatic heterocycles. The summed E-state index contributed by atoms with van der Waals surface area (Å²) in [7, 11) is 0. The lowest BCUT2D eigenvalue weighted by atomic mass is 9.91. The number of unbranched alkanes of at least 4 members (excludes halogenated alkanes) is 10. The van der Waals surface area contributed by atoms with E-state index in [-0.39, 0.29) is 5.97 Å². The Kier molecular flexibility index (Phi) is 17.4. The molecule has 0 saturated heterocycles. The highest BCUT2D eigenvalue weighted by Gasteiger charge is 2.14. The van der Waals surface area contributed by atoms with Gasteiger partial charge in [0.2, 0.25) is 0 Å². The van der Waals surface area contributed by atoms with Crippen molar-refractivity contribution in [3.8, 4) is 0 Å². The molecule has 0 atom stereocenters. The highest BCUT2D eigenvalue weighted by molar-refractivity contribution is 5.69. The summed E-state index contributed by atoms with van der Waals surface area (Å²) in [5.74, 6) is 0.556. The second-order valence-corrected chi connectivity index (χ2v) is 6.99. The Bertz CT molecular complexity index is 234. The topological polar surface area (TPSA) is 26.3 Å². The molecule has 0 aliphatic heterocycles. The van der Waals surface area contributed by atoms with E-state index in [2.05, 4.69) is 13.8 Å². The molecule has 0 spiro atoms. The van der Waals surface area contributed by atoms with Gasteiger partial charge in [-0.05, 0) is 25.7 Å². The van der Waals surface area contributed by atoms with E-state index in [1.807, 2.05) is 6.92 Å². The number of carbonyl (C=O) groups excluding carboxylic acids is 1. The second kappa shape index (κ2) is 17.8. The van der Waals surface area contributed by atoms with Crippen molar-refractivity contribution in [2.75, 3.05) is 6.61 Å². The maximum Gasteiger partial charge on any atom is 0.306 e. The lowest BCUT2D eigenvalue weighted by molar-refractivity contribution is -0.144. The van der Waals surface area contributed by atoms with Crippen molar-refractivity contribution in [3.05, 3.63) is 0 Å². The van der Waals surface area contributed by atoms with Crippen LogP contribution in [0.25, 0.3) is 0 Å². The Balaban J connectivity index is 3.86. The summed E-state index contributed by atoms with van der Waals surface area (Å²) in [6, 6.07) is 0. The van der Waals surface area contributed by atoms with Crippen LogP contribution in [0, 0.1) is 5.92 Å². The van der Waals surface area contributed by atoms with Crippen LogP contribution in [0.5, 0.6) is 0 Å². The van der Waals surface area contributed by atoms with Crippen molar-refractivity contribution in [2.24, 2.45) is 5.92 Å². The monoisotopic (exact) mass is 326 g/mol. The van der Waals surface area contributed by atoms with Gasteiger partial charge in [-0.15, -0.1) is 0 Å². The molecule has 2 nitrogen and oxygen atoms in total. The van der Waals surface area contributed by atoms with Crippen LogP contribution in [-0.2, 0) is 9.53 Å². The van der Waals surface area contributed by atoms with Gasteiger partial charge >= 0.3 is 5.97 Å². The van der Waals surface area contributed by atoms with E-state index in [0.29, 0.717) is 18.9 Å². The fourth-order valence-electron chi connectivity index (χ4n) is 3.23. The fourth-order valence-corrected chi connectivity index (χ4v) is 3.23. The van der Waals surface area contributed by atoms with Crippen molar-refractivity contribution in [1.82, 2.24) is 0 Å². The van der Waals surface area contributed by atoms with Crippen LogP contribution in [-0.4, -0.2) is 12.6 Å². The molecular weight excluding hydrogens is 284 g/mol. The minimum Gasteiger partial charge on any atom is -0.466 e. The first kappa shape index (κ1) is 22.5. The van der Waals surface area contributed by atoms with Crippen molar-refractivity contribution in [2.45, 2.75) is 117 Å². The SMILES string of the molecule is CCCCCCCCC(CCCCCCCC)CC(=O)OCC. The third kappa shape index (κ3) is 16.1. The summed E-state index contributed by atoms with van der Waals surface area (Å²) in [5.41, 5.74) is 0. The van der Waals surface area contributed by atoms with Gasteiger partial charge in [-0.1, -0.05) is 90.9 Å². The van der Waals surface area contributed by atoms with Gasteiger partial charge < -0.3 is 4.74 Å². The summed E-state index contributed by atoms with van der Waals surface area (Å²) in [5, 5.41) is 0. The predicted molar refractivity (Wildman–Crippen MR) is 101 cm³/mol. The van der Waals surface area contributed by atoms with Crippen LogP contribution >= 0.6 is 0 Å². The maximum absolute atomic E-state index is 11.8. The van der Waals surface area contributed by atoms with E-state index >= 15 is 0 Å². The van der Waals surface area contributed by atoms with E-state index < -0.39 is 0 Å². The van der Waals surface area contributed by atoms with E-state index in [9.17, 15) is 4.79 Å². The molecule has 0 amide bonds. The number of carbonyl (C=O) groups is 1. The average Bonchev–Trinajstić information content (AvgIpc) is 2.53. The number of hydrogen-bond donors (Lipinski definition) is 0. The molecule has 0 aromatic carbocycles. The Morgan fingerprint density at radius 1 is 0.696 bits per heavy atom. The first-order valence-corrected chi connectivity index (χ1v) is 10.4. The molecule has 0 fully saturated rings. The molecule has 0 radical (unpaired) electrons. The van der Waals surface area contributed by atoms with Crippen molar-refractivity contribution < 1.29 is 9.53 Å². The van der Waals surface area contributed by atoms with Gasteiger partial charge in [0.1, 0.15) is 0 Å². The van der Waals surface area contributed by atoms with Gasteiger partial charge in [-0.3, -0.25) is 4.79 Å².